The summed E-state index contributed by atoms with van der Waals surface area (Å²) in [6.45, 7) is 6.41. The van der Waals surface area contributed by atoms with E-state index >= 15 is 0 Å². The fourth-order valence-electron chi connectivity index (χ4n) is 9.55. The van der Waals surface area contributed by atoms with E-state index in [4.69, 9.17) is 21.9 Å². The highest BCUT2D eigenvalue weighted by atomic mass is 32.2. The summed E-state index contributed by atoms with van der Waals surface area (Å²) in [5.74, 6) is -19.9. The molecule has 0 bridgehead atoms. The largest absolute Gasteiger partial charge is 0.508 e. The van der Waals surface area contributed by atoms with Gasteiger partial charge in [0.2, 0.25) is 53.2 Å². The number of hydrogen-bond acceptors (Lipinski definition) is 18. The highest BCUT2D eigenvalue weighted by Gasteiger charge is 2.39. The predicted molar refractivity (Wildman–Crippen MR) is 346 cm³/mol. The third-order valence-corrected chi connectivity index (χ3v) is 16.5. The molecule has 1 aliphatic heterocycles. The monoisotopic (exact) mass is 1350 g/mol. The van der Waals surface area contributed by atoms with Gasteiger partial charge in [0.1, 0.15) is 60.6 Å². The Labute approximate surface area is 553 Å². The van der Waals surface area contributed by atoms with E-state index in [1.807, 2.05) is 43.3 Å². The summed E-state index contributed by atoms with van der Waals surface area (Å²) in [4.78, 5) is 180. The molecule has 0 spiro atoms. The molecule has 13 atom stereocenters. The van der Waals surface area contributed by atoms with Gasteiger partial charge >= 0.3 is 23.9 Å². The van der Waals surface area contributed by atoms with Gasteiger partial charge in [-0.3, -0.25) is 57.7 Å². The molecule has 1 aliphatic rings. The lowest BCUT2D eigenvalue weighted by Crippen LogP contribution is -2.60. The fraction of sp³-hybridized carbons (Fsp3) is 0.516. The lowest BCUT2D eigenvalue weighted by Gasteiger charge is -2.30. The normalized spacial score (nSPS) is 23.0. The van der Waals surface area contributed by atoms with Crippen LogP contribution in [0.2, 0.25) is 0 Å². The molecule has 0 radical (unpaired) electrons. The summed E-state index contributed by atoms with van der Waals surface area (Å²) in [7, 11) is 2.72. The number of thioether (sulfide) groups is 1. The first-order valence-electron chi connectivity index (χ1n) is 30.4. The van der Waals surface area contributed by atoms with Crippen molar-refractivity contribution < 1.29 is 92.6 Å². The molecule has 19 N–H and O–H groups in total. The molecule has 522 valence electrons. The Balaban J connectivity index is 2.23. The molecule has 95 heavy (non-hydrogen) atoms. The number of aliphatic carboxylic acids is 4. The zero-order chi connectivity index (χ0) is 71.2. The second-order valence-electron chi connectivity index (χ2n) is 22.9. The Morgan fingerprint density at radius 2 is 1.42 bits per heavy atom. The molecule has 1 fully saturated rings. The van der Waals surface area contributed by atoms with Crippen molar-refractivity contribution in [1.29, 1.82) is 0 Å². The van der Waals surface area contributed by atoms with Crippen LogP contribution in [-0.4, -0.2) is 213 Å². The molecule has 1 heterocycles. The molecule has 9 amide bonds. The number of nitrogens with zero attached hydrogens (tertiary/aromatic N) is 2. The first kappa shape index (κ1) is 79.6. The molecular formula is C62H89N13O19S. The van der Waals surface area contributed by atoms with Crippen molar-refractivity contribution in [3.63, 3.8) is 0 Å². The maximum absolute atomic E-state index is 14.7. The number of nitrogens with one attached hydrogen (secondary N) is 8. The molecule has 2 aromatic rings. The number of phenolic OH excluding ortho intramolecular Hbond substituents is 1. The quantitative estimate of drug-likeness (QED) is 0.0199. The van der Waals surface area contributed by atoms with E-state index in [-0.39, 0.29) is 56.0 Å². The third-order valence-electron chi connectivity index (χ3n) is 15.4. The van der Waals surface area contributed by atoms with Gasteiger partial charge in [0.25, 0.3) is 0 Å². The van der Waals surface area contributed by atoms with Crippen LogP contribution in [0.25, 0.3) is 0 Å². The van der Waals surface area contributed by atoms with Crippen LogP contribution >= 0.6 is 11.8 Å². The Hall–Kier alpha value is -9.63. The van der Waals surface area contributed by atoms with Gasteiger partial charge in [0, 0.05) is 57.4 Å². The van der Waals surface area contributed by atoms with Crippen molar-refractivity contribution in [1.82, 2.24) is 47.4 Å². The van der Waals surface area contributed by atoms with Crippen LogP contribution in [0.3, 0.4) is 0 Å². The number of carboxylic acids is 4. The number of allylic oxidation sites excluding steroid dienone is 2. The van der Waals surface area contributed by atoms with Crippen molar-refractivity contribution in [3.05, 3.63) is 89.5 Å². The molecule has 0 aromatic heterocycles. The van der Waals surface area contributed by atoms with E-state index in [1.165, 1.54) is 44.2 Å². The van der Waals surface area contributed by atoms with Gasteiger partial charge in [-0.15, -0.1) is 0 Å². The minimum Gasteiger partial charge on any atom is -0.508 e. The van der Waals surface area contributed by atoms with Gasteiger partial charge in [-0.05, 0) is 69.2 Å². The van der Waals surface area contributed by atoms with Crippen LogP contribution < -0.4 is 59.7 Å². The maximum Gasteiger partial charge on any atom is 0.327 e. The number of rotatable bonds is 27. The number of carbonyl (C=O) groups is 13. The zero-order valence-corrected chi connectivity index (χ0v) is 54.7. The van der Waals surface area contributed by atoms with Crippen molar-refractivity contribution >= 4 is 94.8 Å². The third kappa shape index (κ3) is 27.8. The second kappa shape index (κ2) is 39.8. The average Bonchev–Trinajstić information content (AvgIpc) is 1.11. The van der Waals surface area contributed by atoms with Gasteiger partial charge < -0.3 is 94.9 Å². The molecule has 2 aromatic carbocycles. The first-order valence-corrected chi connectivity index (χ1v) is 31.5. The van der Waals surface area contributed by atoms with E-state index in [2.05, 4.69) is 47.5 Å². The molecule has 1 unspecified atom stereocenters. The molecule has 33 heteroatoms. The highest BCUT2D eigenvalue weighted by molar-refractivity contribution is 7.99. The van der Waals surface area contributed by atoms with E-state index in [9.17, 15) is 87.9 Å². The standard InChI is InChI=1S/C62H89N13O19S/c1-32(26-33(2)47(94-7)28-37-12-9-8-10-13-37)15-21-41-34(3)52(81)72-43(60(90)91)22-24-49(78)75(6)46(31-95-30-45(55(84)67-29-50(79)80)69-48(77)23-20-40(63)59(88)89)58(87)68-36(5)54(83)73-44(27-38-16-18-39(76)19-17-38)57(86)74-51(61(92)93)35(4)53(82)71-42(56(85)70-41)14-11-25-66-62(64)65/h8-10,12-13,15-19,21,26,33-36,40-47,51,76H,11,14,20,22-25,27-31,63H2,1-7H3,(H,67,84)(H,68,87)(H,69,77)(H,70,85)(H,71,82)(H,72,81)(H,73,83)(H,74,86)(H,79,80)(H,88,89)(H,90,91)(H,92,93)(H4,64,65,66)/b21-15+,32-26+/t33-,34-,35-,36+,40-,41-,42-,43+,44-,45-,46?,47-,51+/m0/s1. The van der Waals surface area contributed by atoms with Crippen molar-refractivity contribution in [2.24, 2.45) is 39.9 Å². The topological polar surface area (TPSA) is 522 Å². The van der Waals surface area contributed by atoms with Crippen LogP contribution in [-0.2, 0) is 79.9 Å². The minimum absolute atomic E-state index is 0.0407. The Kier molecular flexibility index (Phi) is 33.4. The van der Waals surface area contributed by atoms with Crippen LogP contribution in [0.4, 0.5) is 0 Å². The Bertz CT molecular complexity index is 3110. The number of carbonyl (C=O) groups excluding carboxylic acids is 9. The van der Waals surface area contributed by atoms with Gasteiger partial charge in [0.05, 0.1) is 24.0 Å². The maximum atomic E-state index is 14.7. The van der Waals surface area contributed by atoms with Crippen LogP contribution in [0, 0.1) is 17.8 Å². The number of hydrogen-bond donors (Lipinski definition) is 16. The van der Waals surface area contributed by atoms with Crippen molar-refractivity contribution in [2.75, 3.05) is 38.8 Å². The van der Waals surface area contributed by atoms with Crippen LogP contribution in [0.15, 0.2) is 83.4 Å². The number of aromatic hydroxyl groups is 1. The molecule has 32 nitrogen and oxygen atoms in total. The number of aliphatic imine (C=N–C) groups is 1. The summed E-state index contributed by atoms with van der Waals surface area (Å²) in [6, 6.07) is 0.260. The number of likely N-dealkylation sites (N-methyl/N-ethyl adjacent to an activating group) is 1. The summed E-state index contributed by atoms with van der Waals surface area (Å²) < 4.78 is 5.84. The molecular weight excluding hydrogens is 1260 g/mol. The van der Waals surface area contributed by atoms with E-state index < -0.39 is 181 Å². The number of nitrogens with two attached hydrogens (primary N) is 3. The lowest BCUT2D eigenvalue weighted by atomic mass is 9.94. The lowest BCUT2D eigenvalue weighted by molar-refractivity contribution is -0.146. The van der Waals surface area contributed by atoms with Gasteiger partial charge in [-0.25, -0.2) is 9.59 Å². The summed E-state index contributed by atoms with van der Waals surface area (Å²) in [5.41, 5.74) is 18.6. The Morgan fingerprint density at radius 3 is 2.02 bits per heavy atom. The molecule has 0 saturated carbocycles. The summed E-state index contributed by atoms with van der Waals surface area (Å²) in [5, 5.41) is 69.0. The van der Waals surface area contributed by atoms with Gasteiger partial charge in [0.15, 0.2) is 5.96 Å². The highest BCUT2D eigenvalue weighted by Crippen LogP contribution is 2.20. The number of benzene rings is 2. The number of ether oxygens (including phenoxy) is 1. The van der Waals surface area contributed by atoms with Gasteiger partial charge in [-0.1, -0.05) is 87.0 Å². The number of methoxy groups -OCH3 is 1. The molecule has 0 aliphatic carbocycles. The van der Waals surface area contributed by atoms with Crippen LogP contribution in [0.1, 0.15) is 84.3 Å². The summed E-state index contributed by atoms with van der Waals surface area (Å²) in [6.07, 6.45) is 2.53. The number of guanidine groups is 1. The zero-order valence-electron chi connectivity index (χ0n) is 53.9. The Morgan fingerprint density at radius 1 is 0.789 bits per heavy atom. The molecule has 3 rings (SSSR count). The number of phenols is 1. The van der Waals surface area contributed by atoms with Crippen LogP contribution in [0.5, 0.6) is 5.75 Å². The first-order chi connectivity index (χ1) is 44.7. The smallest absolute Gasteiger partial charge is 0.327 e. The average molecular weight is 1350 g/mol. The van der Waals surface area contributed by atoms with Crippen molar-refractivity contribution in [2.45, 2.75) is 146 Å². The summed E-state index contributed by atoms with van der Waals surface area (Å²) >= 11 is 0.756. The van der Waals surface area contributed by atoms with E-state index in [0.717, 1.165) is 36.2 Å². The van der Waals surface area contributed by atoms with Crippen molar-refractivity contribution in [3.8, 4) is 5.75 Å². The SMILES string of the molecule is CO[C@@H](Cc1ccccc1)[C@@H](C)/C=C(C)/C=C/[C@@H]1NC(=O)[C@H](CCCN=C(N)N)NC(=O)[C@@H](C)[C@H](C(=O)O)NC(=O)[C@H](Cc2ccc(O)cc2)NC(=O)[C@@H](C)NC(=O)C(CSC[C@H](NC(=O)CC[C@H](N)C(=O)O)C(=O)NCC(=O)O)N(C)C(=O)CC[C@H](C(=O)O)NC(=O)[C@H]1C. The number of amides is 9. The second-order valence-corrected chi connectivity index (χ2v) is 24.0. The van der Waals surface area contributed by atoms with E-state index in [0.29, 0.717) is 17.6 Å². The number of carboxylic acid groups (broad SMARTS) is 4. The van der Waals surface area contributed by atoms with Gasteiger partial charge in [-0.2, -0.15) is 11.8 Å². The minimum atomic E-state index is -2.07. The predicted octanol–water partition coefficient (Wildman–Crippen LogP) is -2.01. The van der Waals surface area contributed by atoms with E-state index in [1.54, 1.807) is 20.1 Å². The fourth-order valence-corrected chi connectivity index (χ4v) is 10.8. The molecule has 1 saturated heterocycles.